The Bertz CT molecular complexity index is 235. The standard InChI is InChI=1S/C10H19N3O.ClH/c1-7(11)10(14)13-3-2-8-4-12-5-9(8)6-13;/h7-9,12H,2-6,11H2,1H3;1H. The monoisotopic (exact) mass is 233 g/mol. The largest absolute Gasteiger partial charge is 0.341 e. The van der Waals surface area contributed by atoms with Crippen LogP contribution in [-0.2, 0) is 4.79 Å². The number of nitrogens with one attached hydrogen (secondary N) is 1. The number of likely N-dealkylation sites (tertiary alicyclic amines) is 1. The summed E-state index contributed by atoms with van der Waals surface area (Å²) in [5.41, 5.74) is 5.60. The summed E-state index contributed by atoms with van der Waals surface area (Å²) in [4.78, 5) is 13.6. The normalized spacial score (nSPS) is 31.7. The first-order chi connectivity index (χ1) is 6.68. The topological polar surface area (TPSA) is 58.4 Å². The van der Waals surface area contributed by atoms with E-state index in [1.54, 1.807) is 6.92 Å². The molecule has 0 aromatic carbocycles. The Balaban J connectivity index is 0.00000112. The average Bonchev–Trinajstić information content (AvgIpc) is 2.62. The number of rotatable bonds is 1. The number of halogens is 1. The number of amides is 1. The van der Waals surface area contributed by atoms with Crippen LogP contribution in [-0.4, -0.2) is 43.0 Å². The predicted molar refractivity (Wildman–Crippen MR) is 61.9 cm³/mol. The summed E-state index contributed by atoms with van der Waals surface area (Å²) >= 11 is 0. The number of piperidine rings is 1. The van der Waals surface area contributed by atoms with E-state index >= 15 is 0 Å². The molecule has 5 heteroatoms. The van der Waals surface area contributed by atoms with Crippen LogP contribution in [0.3, 0.4) is 0 Å². The van der Waals surface area contributed by atoms with E-state index in [-0.39, 0.29) is 24.4 Å². The van der Waals surface area contributed by atoms with Crippen LogP contribution in [0, 0.1) is 11.8 Å². The number of hydrogen-bond acceptors (Lipinski definition) is 3. The van der Waals surface area contributed by atoms with Crippen molar-refractivity contribution in [1.82, 2.24) is 10.2 Å². The molecule has 0 radical (unpaired) electrons. The maximum absolute atomic E-state index is 11.7. The minimum absolute atomic E-state index is 0. The van der Waals surface area contributed by atoms with Gasteiger partial charge in [-0.05, 0) is 38.3 Å². The quantitative estimate of drug-likeness (QED) is 0.661. The van der Waals surface area contributed by atoms with Crippen molar-refractivity contribution < 1.29 is 4.79 Å². The molecule has 0 aromatic heterocycles. The zero-order valence-corrected chi connectivity index (χ0v) is 9.93. The molecule has 2 rings (SSSR count). The Morgan fingerprint density at radius 1 is 1.47 bits per heavy atom. The summed E-state index contributed by atoms with van der Waals surface area (Å²) in [6, 6.07) is -0.346. The second kappa shape index (κ2) is 5.14. The highest BCUT2D eigenvalue weighted by Crippen LogP contribution is 2.26. The van der Waals surface area contributed by atoms with E-state index in [1.807, 2.05) is 4.90 Å². The molecular formula is C10H20ClN3O. The van der Waals surface area contributed by atoms with Crippen molar-refractivity contribution >= 4 is 18.3 Å². The number of nitrogens with two attached hydrogens (primary N) is 1. The van der Waals surface area contributed by atoms with Crippen LogP contribution in [0.4, 0.5) is 0 Å². The third-order valence-corrected chi connectivity index (χ3v) is 3.41. The lowest BCUT2D eigenvalue weighted by Gasteiger charge is -2.35. The van der Waals surface area contributed by atoms with Gasteiger partial charge in [-0.15, -0.1) is 12.4 Å². The summed E-state index contributed by atoms with van der Waals surface area (Å²) in [7, 11) is 0. The third-order valence-electron chi connectivity index (χ3n) is 3.41. The molecule has 0 aromatic rings. The molecule has 2 fully saturated rings. The second-order valence-electron chi connectivity index (χ2n) is 4.54. The lowest BCUT2D eigenvalue weighted by atomic mass is 9.88. The van der Waals surface area contributed by atoms with Gasteiger partial charge in [0.05, 0.1) is 6.04 Å². The molecule has 2 aliphatic heterocycles. The highest BCUT2D eigenvalue weighted by atomic mass is 35.5. The Morgan fingerprint density at radius 2 is 2.13 bits per heavy atom. The van der Waals surface area contributed by atoms with E-state index < -0.39 is 0 Å². The number of carbonyl (C=O) groups is 1. The molecule has 3 N–H and O–H groups in total. The molecule has 0 aliphatic carbocycles. The van der Waals surface area contributed by atoms with Gasteiger partial charge in [0.2, 0.25) is 5.91 Å². The summed E-state index contributed by atoms with van der Waals surface area (Å²) in [6.45, 7) is 5.75. The van der Waals surface area contributed by atoms with E-state index in [2.05, 4.69) is 5.32 Å². The van der Waals surface area contributed by atoms with Gasteiger partial charge in [-0.2, -0.15) is 0 Å². The molecule has 2 aliphatic rings. The second-order valence-corrected chi connectivity index (χ2v) is 4.54. The first-order valence-corrected chi connectivity index (χ1v) is 5.43. The van der Waals surface area contributed by atoms with E-state index in [0.717, 1.165) is 38.5 Å². The predicted octanol–water partition coefficient (Wildman–Crippen LogP) is -0.177. The molecule has 0 bridgehead atoms. The molecule has 0 saturated carbocycles. The fourth-order valence-electron chi connectivity index (χ4n) is 2.52. The summed E-state index contributed by atoms with van der Waals surface area (Å²) in [5.74, 6) is 1.55. The van der Waals surface area contributed by atoms with Crippen molar-refractivity contribution in [2.24, 2.45) is 17.6 Å². The van der Waals surface area contributed by atoms with Crippen LogP contribution < -0.4 is 11.1 Å². The zero-order valence-electron chi connectivity index (χ0n) is 9.11. The fraction of sp³-hybridized carbons (Fsp3) is 0.900. The Hall–Kier alpha value is -0.320. The maximum atomic E-state index is 11.7. The van der Waals surface area contributed by atoms with Gasteiger partial charge >= 0.3 is 0 Å². The zero-order chi connectivity index (χ0) is 10.1. The smallest absolute Gasteiger partial charge is 0.239 e. The highest BCUT2D eigenvalue weighted by Gasteiger charge is 2.34. The van der Waals surface area contributed by atoms with Crippen molar-refractivity contribution in [2.45, 2.75) is 19.4 Å². The molecule has 0 spiro atoms. The lowest BCUT2D eigenvalue weighted by molar-refractivity contribution is -0.134. The molecular weight excluding hydrogens is 214 g/mol. The van der Waals surface area contributed by atoms with Crippen LogP contribution in [0.5, 0.6) is 0 Å². The van der Waals surface area contributed by atoms with Gasteiger partial charge in [-0.1, -0.05) is 0 Å². The van der Waals surface area contributed by atoms with Crippen molar-refractivity contribution in [3.8, 4) is 0 Å². The Kier molecular flexibility index (Phi) is 4.37. The van der Waals surface area contributed by atoms with E-state index in [0.29, 0.717) is 5.92 Å². The number of hydrogen-bond donors (Lipinski definition) is 2. The average molecular weight is 234 g/mol. The summed E-state index contributed by atoms with van der Waals surface area (Å²) in [5, 5.41) is 3.38. The van der Waals surface area contributed by atoms with Gasteiger partial charge in [0.1, 0.15) is 0 Å². The first-order valence-electron chi connectivity index (χ1n) is 5.43. The molecule has 3 atom stereocenters. The number of carbonyl (C=O) groups excluding carboxylic acids is 1. The van der Waals surface area contributed by atoms with Gasteiger partial charge in [-0.3, -0.25) is 4.79 Å². The van der Waals surface area contributed by atoms with Gasteiger partial charge in [-0.25, -0.2) is 0 Å². The third kappa shape index (κ3) is 2.62. The van der Waals surface area contributed by atoms with Crippen LogP contribution in [0.25, 0.3) is 0 Å². The number of fused-ring (bicyclic) bond motifs is 1. The van der Waals surface area contributed by atoms with Gasteiger partial charge in [0.25, 0.3) is 0 Å². The van der Waals surface area contributed by atoms with Crippen LogP contribution in [0.15, 0.2) is 0 Å². The molecule has 88 valence electrons. The van der Waals surface area contributed by atoms with E-state index in [9.17, 15) is 4.79 Å². The van der Waals surface area contributed by atoms with Crippen molar-refractivity contribution in [3.63, 3.8) is 0 Å². The lowest BCUT2D eigenvalue weighted by Crippen LogP contribution is -2.48. The molecule has 3 unspecified atom stereocenters. The SMILES string of the molecule is CC(N)C(=O)N1CCC2CNCC2C1.Cl. The van der Waals surface area contributed by atoms with E-state index in [1.165, 1.54) is 0 Å². The van der Waals surface area contributed by atoms with Crippen LogP contribution in [0.1, 0.15) is 13.3 Å². The number of nitrogens with zero attached hydrogens (tertiary/aromatic N) is 1. The molecule has 1 amide bonds. The van der Waals surface area contributed by atoms with Gasteiger partial charge in [0, 0.05) is 13.1 Å². The summed E-state index contributed by atoms with van der Waals surface area (Å²) in [6.07, 6.45) is 1.14. The molecule has 2 heterocycles. The Morgan fingerprint density at radius 3 is 2.80 bits per heavy atom. The minimum Gasteiger partial charge on any atom is -0.341 e. The highest BCUT2D eigenvalue weighted by molar-refractivity contribution is 5.85. The minimum atomic E-state index is -0.346. The van der Waals surface area contributed by atoms with Crippen LogP contribution >= 0.6 is 12.4 Å². The summed E-state index contributed by atoms with van der Waals surface area (Å²) < 4.78 is 0. The molecule has 4 nitrogen and oxygen atoms in total. The fourth-order valence-corrected chi connectivity index (χ4v) is 2.52. The van der Waals surface area contributed by atoms with Crippen molar-refractivity contribution in [3.05, 3.63) is 0 Å². The van der Waals surface area contributed by atoms with Crippen LogP contribution in [0.2, 0.25) is 0 Å². The first kappa shape index (κ1) is 12.7. The van der Waals surface area contributed by atoms with Gasteiger partial charge < -0.3 is 16.0 Å². The van der Waals surface area contributed by atoms with E-state index in [4.69, 9.17) is 5.73 Å². The maximum Gasteiger partial charge on any atom is 0.239 e. The Labute approximate surface area is 97.0 Å². The van der Waals surface area contributed by atoms with Crippen molar-refractivity contribution in [2.75, 3.05) is 26.2 Å². The van der Waals surface area contributed by atoms with Gasteiger partial charge in [0.15, 0.2) is 0 Å². The molecule has 15 heavy (non-hydrogen) atoms. The molecule has 2 saturated heterocycles. The van der Waals surface area contributed by atoms with Crippen molar-refractivity contribution in [1.29, 1.82) is 0 Å².